The smallest absolute Gasteiger partial charge is 0.416 e. The molecule has 152 valence electrons. The van der Waals surface area contributed by atoms with Crippen molar-refractivity contribution in [3.05, 3.63) is 63.8 Å². The Balaban J connectivity index is 2.16. The number of pyridine rings is 1. The van der Waals surface area contributed by atoms with Gasteiger partial charge in [0.05, 0.1) is 22.9 Å². The molecule has 0 N–H and O–H groups in total. The van der Waals surface area contributed by atoms with Gasteiger partial charge >= 0.3 is 17.8 Å². The van der Waals surface area contributed by atoms with E-state index in [0.717, 1.165) is 33.5 Å². The zero-order valence-electron chi connectivity index (χ0n) is 15.0. The number of aromatic nitrogens is 4. The van der Waals surface area contributed by atoms with Crippen LogP contribution >= 0.6 is 11.6 Å². The van der Waals surface area contributed by atoms with Crippen LogP contribution in [0.1, 0.15) is 12.5 Å². The molecule has 3 aromatic rings. The SMILES string of the molecule is CCOC(=O)Cn1nc(-c2ccncc2Cl)n(-c2ccc(C(F)(F)F)cc2)c1=O. The van der Waals surface area contributed by atoms with Gasteiger partial charge in [0.15, 0.2) is 5.82 Å². The molecule has 0 saturated carbocycles. The first-order valence-corrected chi connectivity index (χ1v) is 8.73. The molecule has 11 heteroatoms. The fraction of sp³-hybridized carbons (Fsp3) is 0.222. The van der Waals surface area contributed by atoms with Crippen molar-refractivity contribution in [1.82, 2.24) is 19.3 Å². The molecule has 0 atom stereocenters. The van der Waals surface area contributed by atoms with Crippen LogP contribution in [0.3, 0.4) is 0 Å². The summed E-state index contributed by atoms with van der Waals surface area (Å²) in [6, 6.07) is 5.47. The molecule has 1 aromatic carbocycles. The number of esters is 1. The van der Waals surface area contributed by atoms with Crippen LogP contribution in [-0.4, -0.2) is 31.9 Å². The van der Waals surface area contributed by atoms with Gasteiger partial charge in [-0.2, -0.15) is 13.2 Å². The first-order chi connectivity index (χ1) is 13.7. The molecule has 0 amide bonds. The maximum atomic E-state index is 12.9. The summed E-state index contributed by atoms with van der Waals surface area (Å²) in [5.41, 5.74) is -1.15. The Morgan fingerprint density at radius 2 is 1.90 bits per heavy atom. The van der Waals surface area contributed by atoms with E-state index in [2.05, 4.69) is 10.1 Å². The number of ether oxygens (including phenoxy) is 1. The van der Waals surface area contributed by atoms with Crippen molar-refractivity contribution in [2.24, 2.45) is 0 Å². The fourth-order valence-corrected chi connectivity index (χ4v) is 2.81. The molecule has 7 nitrogen and oxygen atoms in total. The van der Waals surface area contributed by atoms with Crippen molar-refractivity contribution in [2.75, 3.05) is 6.61 Å². The van der Waals surface area contributed by atoms with Crippen molar-refractivity contribution in [2.45, 2.75) is 19.6 Å². The van der Waals surface area contributed by atoms with Gasteiger partial charge in [0, 0.05) is 18.0 Å². The van der Waals surface area contributed by atoms with Crippen LogP contribution in [0.4, 0.5) is 13.2 Å². The summed E-state index contributed by atoms with van der Waals surface area (Å²) < 4.78 is 45.3. The lowest BCUT2D eigenvalue weighted by atomic mass is 10.2. The van der Waals surface area contributed by atoms with Crippen LogP contribution in [0.15, 0.2) is 47.5 Å². The summed E-state index contributed by atoms with van der Waals surface area (Å²) >= 11 is 6.15. The second-order valence-electron chi connectivity index (χ2n) is 5.80. The van der Waals surface area contributed by atoms with Gasteiger partial charge in [0.1, 0.15) is 6.54 Å². The van der Waals surface area contributed by atoms with E-state index in [1.54, 1.807) is 6.92 Å². The number of nitrogens with zero attached hydrogens (tertiary/aromatic N) is 4. The number of halogens is 4. The zero-order chi connectivity index (χ0) is 21.2. The van der Waals surface area contributed by atoms with E-state index < -0.39 is 29.9 Å². The lowest BCUT2D eigenvalue weighted by Crippen LogP contribution is -2.28. The maximum Gasteiger partial charge on any atom is 0.416 e. The molecule has 0 spiro atoms. The number of alkyl halides is 3. The van der Waals surface area contributed by atoms with E-state index in [1.807, 2.05) is 0 Å². The summed E-state index contributed by atoms with van der Waals surface area (Å²) in [7, 11) is 0. The van der Waals surface area contributed by atoms with Crippen molar-refractivity contribution in [3.8, 4) is 17.1 Å². The maximum absolute atomic E-state index is 12.9. The first kappa shape index (κ1) is 20.6. The third-order valence-corrected chi connectivity index (χ3v) is 4.19. The number of carbonyl (C=O) groups excluding carboxylic acids is 1. The van der Waals surface area contributed by atoms with E-state index in [1.165, 1.54) is 18.5 Å². The van der Waals surface area contributed by atoms with Crippen LogP contribution in [-0.2, 0) is 22.3 Å². The standard InChI is InChI=1S/C18H14ClF3N4O3/c1-2-29-15(27)10-25-17(28)26(12-5-3-11(4-6-12)18(20,21)22)16(24-25)13-7-8-23-9-14(13)19/h3-9H,2,10H2,1H3. The van der Waals surface area contributed by atoms with Crippen molar-refractivity contribution in [1.29, 1.82) is 0 Å². The minimum absolute atomic E-state index is 0.0476. The Hall–Kier alpha value is -3.14. The van der Waals surface area contributed by atoms with Gasteiger partial charge < -0.3 is 4.74 Å². The molecule has 29 heavy (non-hydrogen) atoms. The highest BCUT2D eigenvalue weighted by Gasteiger charge is 2.30. The monoisotopic (exact) mass is 426 g/mol. The molecule has 3 rings (SSSR count). The lowest BCUT2D eigenvalue weighted by molar-refractivity contribution is -0.144. The van der Waals surface area contributed by atoms with E-state index in [9.17, 15) is 22.8 Å². The summed E-state index contributed by atoms with van der Waals surface area (Å²) in [6.45, 7) is 1.27. The van der Waals surface area contributed by atoms with Gasteiger partial charge in [-0.25, -0.2) is 14.0 Å². The molecule has 2 heterocycles. The second kappa shape index (κ2) is 8.08. The normalized spacial score (nSPS) is 11.5. The lowest BCUT2D eigenvalue weighted by Gasteiger charge is -2.09. The first-order valence-electron chi connectivity index (χ1n) is 8.35. The molecule has 0 aliphatic carbocycles. The van der Waals surface area contributed by atoms with E-state index in [4.69, 9.17) is 16.3 Å². The Labute approximate surface area is 167 Å². The third-order valence-electron chi connectivity index (χ3n) is 3.89. The van der Waals surface area contributed by atoms with Gasteiger partial charge in [-0.3, -0.25) is 9.78 Å². The van der Waals surface area contributed by atoms with Crippen molar-refractivity contribution >= 4 is 17.6 Å². The average molecular weight is 427 g/mol. The van der Waals surface area contributed by atoms with Crippen LogP contribution in [0.25, 0.3) is 17.1 Å². The molecule has 0 unspecified atom stereocenters. The minimum Gasteiger partial charge on any atom is -0.465 e. The van der Waals surface area contributed by atoms with Gasteiger partial charge in [-0.15, -0.1) is 5.10 Å². The van der Waals surface area contributed by atoms with E-state index in [-0.39, 0.29) is 23.1 Å². The molecule has 0 aliphatic heterocycles. The van der Waals surface area contributed by atoms with Gasteiger partial charge in [0.2, 0.25) is 0 Å². The molecular formula is C18H14ClF3N4O3. The molecule has 0 fully saturated rings. The molecule has 0 radical (unpaired) electrons. The van der Waals surface area contributed by atoms with Crippen LogP contribution in [0.2, 0.25) is 5.02 Å². The van der Waals surface area contributed by atoms with Gasteiger partial charge in [0.25, 0.3) is 0 Å². The highest BCUT2D eigenvalue weighted by atomic mass is 35.5. The Morgan fingerprint density at radius 3 is 2.48 bits per heavy atom. The fourth-order valence-electron chi connectivity index (χ4n) is 2.60. The summed E-state index contributed by atoms with van der Waals surface area (Å²) in [4.78, 5) is 28.5. The van der Waals surface area contributed by atoms with Gasteiger partial charge in [-0.05, 0) is 37.3 Å². The highest BCUT2D eigenvalue weighted by molar-refractivity contribution is 6.33. The quantitative estimate of drug-likeness (QED) is 0.585. The van der Waals surface area contributed by atoms with Crippen LogP contribution < -0.4 is 5.69 Å². The predicted molar refractivity (Wildman–Crippen MR) is 97.7 cm³/mol. The minimum atomic E-state index is -4.52. The highest BCUT2D eigenvalue weighted by Crippen LogP contribution is 2.31. The summed E-state index contributed by atoms with van der Waals surface area (Å²) in [5.74, 6) is -0.634. The molecule has 2 aromatic heterocycles. The van der Waals surface area contributed by atoms with Crippen LogP contribution in [0.5, 0.6) is 0 Å². The average Bonchev–Trinajstić information content (AvgIpc) is 2.98. The third kappa shape index (κ3) is 4.32. The summed E-state index contributed by atoms with van der Waals surface area (Å²) in [6.07, 6.45) is -1.76. The van der Waals surface area contributed by atoms with Gasteiger partial charge in [-0.1, -0.05) is 11.6 Å². The number of rotatable bonds is 5. The number of hydrogen-bond acceptors (Lipinski definition) is 5. The van der Waals surface area contributed by atoms with E-state index >= 15 is 0 Å². The van der Waals surface area contributed by atoms with E-state index in [0.29, 0.717) is 5.56 Å². The van der Waals surface area contributed by atoms with Crippen LogP contribution in [0, 0.1) is 0 Å². The topological polar surface area (TPSA) is 79.0 Å². The number of benzene rings is 1. The van der Waals surface area contributed by atoms with Crippen molar-refractivity contribution in [3.63, 3.8) is 0 Å². The molecule has 0 aliphatic rings. The molecular weight excluding hydrogens is 413 g/mol. The Kier molecular flexibility index (Phi) is 5.73. The second-order valence-corrected chi connectivity index (χ2v) is 6.21. The summed E-state index contributed by atoms with van der Waals surface area (Å²) in [5, 5.41) is 4.32. The molecule has 0 bridgehead atoms. The zero-order valence-corrected chi connectivity index (χ0v) is 15.7. The predicted octanol–water partition coefficient (Wildman–Crippen LogP) is 3.33. The molecule has 0 saturated heterocycles. The largest absolute Gasteiger partial charge is 0.465 e. The Morgan fingerprint density at radius 1 is 1.21 bits per heavy atom. The number of hydrogen-bond donors (Lipinski definition) is 0. The Bertz CT molecular complexity index is 1090. The van der Waals surface area contributed by atoms with Crippen molar-refractivity contribution < 1.29 is 22.7 Å². The number of carbonyl (C=O) groups is 1.